The van der Waals surface area contributed by atoms with E-state index in [1.165, 1.54) is 24.3 Å². The molecule has 0 amide bonds. The number of alkyl halides is 6. The first-order chi connectivity index (χ1) is 11.4. The first kappa shape index (κ1) is 20.0. The normalized spacial score (nSPS) is 13.6. The molecule has 0 aromatic heterocycles. The molecule has 25 heavy (non-hydrogen) atoms. The van der Waals surface area contributed by atoms with Crippen molar-refractivity contribution in [3.05, 3.63) is 67.3 Å². The van der Waals surface area contributed by atoms with E-state index < -0.39 is 47.6 Å². The van der Waals surface area contributed by atoms with Crippen molar-refractivity contribution in [1.82, 2.24) is 0 Å². The van der Waals surface area contributed by atoms with E-state index in [0.29, 0.717) is 12.1 Å². The molecule has 0 spiro atoms. The molecule has 2 aromatic rings. The summed E-state index contributed by atoms with van der Waals surface area (Å²) in [6, 6.07) is 10.4. The van der Waals surface area contributed by atoms with Gasteiger partial charge in [0, 0.05) is 0 Å². The molecule has 0 saturated heterocycles. The minimum absolute atomic E-state index is 0.0174. The Bertz CT molecular complexity index is 816. The van der Waals surface area contributed by atoms with Gasteiger partial charge in [-0.05, 0) is 0 Å². The van der Waals surface area contributed by atoms with Crippen LogP contribution < -0.4 is 0 Å². The molecule has 0 aliphatic carbocycles. The van der Waals surface area contributed by atoms with E-state index in [1.807, 2.05) is 0 Å². The molecule has 0 fully saturated rings. The average Bonchev–Trinajstić information content (AvgIpc) is 2.52. The van der Waals surface area contributed by atoms with Crippen LogP contribution in [0.15, 0.2) is 54.6 Å². The zero-order valence-corrected chi connectivity index (χ0v) is 14.9. The van der Waals surface area contributed by atoms with Crippen molar-refractivity contribution in [2.45, 2.75) is 11.7 Å². The number of hydrogen-bond acceptors (Lipinski definition) is 3. The van der Waals surface area contributed by atoms with Crippen LogP contribution in [0.1, 0.15) is 5.56 Å². The monoisotopic (exact) mass is 498 g/mol. The molecule has 2 aromatic carbocycles. The van der Waals surface area contributed by atoms with E-state index in [-0.39, 0.29) is 7.14 Å². The van der Waals surface area contributed by atoms with Gasteiger partial charge < -0.3 is 0 Å². The van der Waals surface area contributed by atoms with Gasteiger partial charge in [-0.3, -0.25) is 0 Å². The maximum atomic E-state index is 12.6. The van der Waals surface area contributed by atoms with Gasteiger partial charge in [0.05, 0.1) is 0 Å². The van der Waals surface area contributed by atoms with Crippen molar-refractivity contribution in [3.8, 4) is 0 Å². The van der Waals surface area contributed by atoms with Crippen LogP contribution in [0, 0.1) is 7.14 Å². The third-order valence-corrected chi connectivity index (χ3v) is 9.79. The van der Waals surface area contributed by atoms with Crippen LogP contribution in [-0.4, -0.2) is 13.9 Å². The van der Waals surface area contributed by atoms with E-state index in [4.69, 9.17) is 0 Å². The van der Waals surface area contributed by atoms with Crippen molar-refractivity contribution in [1.29, 1.82) is 0 Å². The summed E-state index contributed by atoms with van der Waals surface area (Å²) in [5.74, 6) is 0. The van der Waals surface area contributed by atoms with Gasteiger partial charge in [0.25, 0.3) is 0 Å². The fourth-order valence-corrected chi connectivity index (χ4v) is 8.06. The van der Waals surface area contributed by atoms with Gasteiger partial charge in [-0.15, -0.1) is 0 Å². The summed E-state index contributed by atoms with van der Waals surface area (Å²) in [4.78, 5) is 0. The number of rotatable bonds is 4. The number of benzene rings is 2. The fraction of sp³-hybridized carbons (Fsp3) is 0.143. The van der Waals surface area contributed by atoms with E-state index in [9.17, 15) is 34.8 Å². The van der Waals surface area contributed by atoms with Crippen LogP contribution in [0.3, 0.4) is 0 Å². The quantitative estimate of drug-likeness (QED) is 0.338. The molecule has 0 unspecified atom stereocenters. The van der Waals surface area contributed by atoms with E-state index in [2.05, 4.69) is 2.51 Å². The Hall–Kier alpha value is -1.34. The van der Waals surface area contributed by atoms with E-state index >= 15 is 0 Å². The molecular weight excluding hydrogens is 489 g/mol. The first-order valence-electron chi connectivity index (χ1n) is 6.35. The van der Waals surface area contributed by atoms with Crippen LogP contribution in [-0.2, 0) is 18.8 Å². The summed E-state index contributed by atoms with van der Waals surface area (Å²) in [5.41, 5.74) is -6.62. The van der Waals surface area contributed by atoms with Gasteiger partial charge >= 0.3 is 147 Å². The van der Waals surface area contributed by atoms with Gasteiger partial charge in [-0.1, -0.05) is 0 Å². The van der Waals surface area contributed by atoms with Gasteiger partial charge in [-0.2, -0.15) is 0 Å². The molecule has 2 rings (SSSR count). The standard InChI is InChI=1S/C14H9F6IO3S/c15-13(16,17)10-6-8-12(9-7-10)21(11-4-2-1-3-5-11)24-25(22,23)14(18,19)20/h1-9H. The molecular formula is C14H9F6IO3S. The fourth-order valence-electron chi connectivity index (χ4n) is 1.60. The van der Waals surface area contributed by atoms with Crippen molar-refractivity contribution < 1.29 is 37.3 Å². The summed E-state index contributed by atoms with van der Waals surface area (Å²) in [6.07, 6.45) is -4.62. The molecule has 0 aliphatic rings. The summed E-state index contributed by atoms with van der Waals surface area (Å²) >= 11 is -3.64. The van der Waals surface area contributed by atoms with Crippen LogP contribution in [0.2, 0.25) is 0 Å². The van der Waals surface area contributed by atoms with E-state index in [0.717, 1.165) is 12.1 Å². The molecule has 0 heterocycles. The maximum absolute atomic E-state index is 12.6. The summed E-state index contributed by atoms with van der Waals surface area (Å²) in [6.45, 7) is 0. The van der Waals surface area contributed by atoms with Crippen molar-refractivity contribution in [2.75, 3.05) is 0 Å². The van der Waals surface area contributed by atoms with Gasteiger partial charge in [-0.25, -0.2) is 0 Å². The Morgan fingerprint density at radius 1 is 0.760 bits per heavy atom. The first-order valence-corrected chi connectivity index (χ1v) is 10.8. The second kappa shape index (κ2) is 7.11. The molecule has 11 heteroatoms. The second-order valence-corrected chi connectivity index (χ2v) is 11.0. The molecule has 0 saturated carbocycles. The molecule has 0 atom stereocenters. The predicted octanol–water partition coefficient (Wildman–Crippen LogP) is 5.03. The molecule has 0 N–H and O–H groups in total. The van der Waals surface area contributed by atoms with Crippen LogP contribution in [0.4, 0.5) is 26.3 Å². The van der Waals surface area contributed by atoms with Gasteiger partial charge in [0.2, 0.25) is 0 Å². The van der Waals surface area contributed by atoms with Crippen molar-refractivity contribution in [3.63, 3.8) is 0 Å². The number of halogens is 7. The zero-order valence-electron chi connectivity index (χ0n) is 12.0. The Morgan fingerprint density at radius 2 is 1.24 bits per heavy atom. The Labute approximate surface area is 146 Å². The topological polar surface area (TPSA) is 43.4 Å². The third-order valence-electron chi connectivity index (χ3n) is 2.73. The molecule has 0 bridgehead atoms. The van der Waals surface area contributed by atoms with Gasteiger partial charge in [0.15, 0.2) is 0 Å². The van der Waals surface area contributed by atoms with Crippen molar-refractivity contribution >= 4 is 30.4 Å². The SMILES string of the molecule is O=S(=O)(OI(c1ccccc1)c1ccc(C(F)(F)F)cc1)C(F)(F)F. The second-order valence-electron chi connectivity index (χ2n) is 4.51. The summed E-state index contributed by atoms with van der Waals surface area (Å²) < 4.78 is 103. The Morgan fingerprint density at radius 3 is 1.68 bits per heavy atom. The minimum atomic E-state index is -5.88. The zero-order chi connectivity index (χ0) is 18.9. The summed E-state index contributed by atoms with van der Waals surface area (Å²) in [7, 11) is -5.88. The van der Waals surface area contributed by atoms with Crippen molar-refractivity contribution in [2.24, 2.45) is 0 Å². The molecule has 0 aliphatic heterocycles. The van der Waals surface area contributed by atoms with Crippen LogP contribution in [0.5, 0.6) is 0 Å². The number of hydrogen-bond donors (Lipinski definition) is 0. The Balaban J connectivity index is 2.46. The Kier molecular flexibility index (Phi) is 5.68. The third kappa shape index (κ3) is 4.85. The molecule has 0 radical (unpaired) electrons. The van der Waals surface area contributed by atoms with Crippen LogP contribution in [0.25, 0.3) is 0 Å². The van der Waals surface area contributed by atoms with Gasteiger partial charge in [0.1, 0.15) is 0 Å². The predicted molar refractivity (Wildman–Crippen MR) is 85.4 cm³/mol. The van der Waals surface area contributed by atoms with E-state index in [1.54, 1.807) is 6.07 Å². The summed E-state index contributed by atoms with van der Waals surface area (Å²) in [5, 5.41) is 0. The average molecular weight is 498 g/mol. The molecule has 3 nitrogen and oxygen atoms in total. The molecule has 138 valence electrons. The van der Waals surface area contributed by atoms with Crippen LogP contribution >= 0.6 is 20.2 Å².